The summed E-state index contributed by atoms with van der Waals surface area (Å²) < 4.78 is 16.5. The predicted molar refractivity (Wildman–Crippen MR) is 114 cm³/mol. The highest BCUT2D eigenvalue weighted by Gasteiger charge is 2.12. The monoisotopic (exact) mass is 415 g/mol. The average molecular weight is 416 g/mol. The molecule has 0 aromatic heterocycles. The van der Waals surface area contributed by atoms with Crippen LogP contribution in [-0.2, 0) is 6.61 Å². The summed E-state index contributed by atoms with van der Waals surface area (Å²) in [6, 6.07) is 18.5. The molecule has 0 bridgehead atoms. The van der Waals surface area contributed by atoms with Crippen LogP contribution in [0.2, 0.25) is 10.0 Å². The molecular weight excluding hydrogens is 397 g/mol. The molecule has 0 amide bonds. The minimum absolute atomic E-state index is 0.329. The first kappa shape index (κ1) is 20.1. The minimum atomic E-state index is 0.329. The van der Waals surface area contributed by atoms with Gasteiger partial charge in [-0.15, -0.1) is 0 Å². The van der Waals surface area contributed by atoms with Crippen molar-refractivity contribution in [1.29, 1.82) is 0 Å². The molecule has 28 heavy (non-hydrogen) atoms. The van der Waals surface area contributed by atoms with Crippen LogP contribution in [0.5, 0.6) is 17.2 Å². The zero-order valence-electron chi connectivity index (χ0n) is 15.5. The fourth-order valence-electron chi connectivity index (χ4n) is 2.55. The number of hydrogen-bond acceptors (Lipinski definition) is 4. The first-order chi connectivity index (χ1) is 13.6. The summed E-state index contributed by atoms with van der Waals surface area (Å²) >= 11 is 12.4. The van der Waals surface area contributed by atoms with Gasteiger partial charge in [0.2, 0.25) is 0 Å². The third-order valence-electron chi connectivity index (χ3n) is 3.96. The average Bonchev–Trinajstić information content (AvgIpc) is 2.71. The van der Waals surface area contributed by atoms with Gasteiger partial charge in [0.25, 0.3) is 0 Å². The first-order valence-corrected chi connectivity index (χ1v) is 9.27. The summed E-state index contributed by atoms with van der Waals surface area (Å²) in [4.78, 5) is 4.45. The van der Waals surface area contributed by atoms with E-state index in [2.05, 4.69) is 4.99 Å². The fraction of sp³-hybridized carbons (Fsp3) is 0.136. The summed E-state index contributed by atoms with van der Waals surface area (Å²) in [5, 5.41) is 1.10. The molecule has 0 N–H and O–H groups in total. The summed E-state index contributed by atoms with van der Waals surface area (Å²) in [6.07, 6.45) is 1.72. The van der Waals surface area contributed by atoms with Gasteiger partial charge in [-0.2, -0.15) is 0 Å². The molecule has 0 heterocycles. The van der Waals surface area contributed by atoms with Gasteiger partial charge in [-0.3, -0.25) is 4.99 Å². The number of aliphatic imine (C=N–C) groups is 1. The molecule has 0 atom stereocenters. The Morgan fingerprint density at radius 2 is 1.71 bits per heavy atom. The van der Waals surface area contributed by atoms with E-state index >= 15 is 0 Å². The maximum Gasteiger partial charge on any atom is 0.180 e. The third-order valence-corrected chi connectivity index (χ3v) is 4.47. The molecule has 0 saturated carbocycles. The van der Waals surface area contributed by atoms with Gasteiger partial charge in [0.15, 0.2) is 11.5 Å². The Bertz CT molecular complexity index is 972. The van der Waals surface area contributed by atoms with Crippen molar-refractivity contribution in [2.45, 2.75) is 6.61 Å². The van der Waals surface area contributed by atoms with E-state index < -0.39 is 0 Å². The highest BCUT2D eigenvalue weighted by Crippen LogP contribution is 2.36. The Hall–Kier alpha value is -2.69. The van der Waals surface area contributed by atoms with Crippen LogP contribution in [0, 0.1) is 0 Å². The second-order valence-electron chi connectivity index (χ2n) is 5.91. The minimum Gasteiger partial charge on any atom is -0.497 e. The largest absolute Gasteiger partial charge is 0.497 e. The van der Waals surface area contributed by atoms with Gasteiger partial charge < -0.3 is 14.2 Å². The maximum absolute atomic E-state index is 6.42. The topological polar surface area (TPSA) is 40.0 Å². The third kappa shape index (κ3) is 5.18. The molecular formula is C22H19Cl2NO3. The van der Waals surface area contributed by atoms with E-state index in [-0.39, 0.29) is 0 Å². The molecule has 3 rings (SSSR count). The van der Waals surface area contributed by atoms with Gasteiger partial charge in [0, 0.05) is 11.2 Å². The fourth-order valence-corrected chi connectivity index (χ4v) is 3.04. The summed E-state index contributed by atoms with van der Waals surface area (Å²) in [6.45, 7) is 0.329. The molecule has 0 fully saturated rings. The number of methoxy groups -OCH3 is 2. The number of hydrogen-bond donors (Lipinski definition) is 0. The van der Waals surface area contributed by atoms with E-state index in [1.165, 1.54) is 0 Å². The number of benzene rings is 3. The highest BCUT2D eigenvalue weighted by molar-refractivity contribution is 6.32. The molecule has 4 nitrogen and oxygen atoms in total. The zero-order chi connectivity index (χ0) is 19.9. The highest BCUT2D eigenvalue weighted by atomic mass is 35.5. The van der Waals surface area contributed by atoms with E-state index in [0.29, 0.717) is 28.2 Å². The molecule has 3 aromatic rings. The van der Waals surface area contributed by atoms with Gasteiger partial charge in [0.1, 0.15) is 12.4 Å². The molecule has 0 saturated heterocycles. The van der Waals surface area contributed by atoms with Crippen molar-refractivity contribution in [2.24, 2.45) is 4.99 Å². The zero-order valence-corrected chi connectivity index (χ0v) is 17.0. The number of ether oxygens (including phenoxy) is 3. The van der Waals surface area contributed by atoms with Crippen molar-refractivity contribution >= 4 is 35.1 Å². The van der Waals surface area contributed by atoms with Crippen LogP contribution in [-0.4, -0.2) is 20.4 Å². The molecule has 144 valence electrons. The molecule has 0 aliphatic rings. The normalized spacial score (nSPS) is 10.9. The molecule has 0 aliphatic carbocycles. The molecule has 0 aliphatic heterocycles. The lowest BCUT2D eigenvalue weighted by Gasteiger charge is -2.13. The van der Waals surface area contributed by atoms with Crippen LogP contribution in [0.1, 0.15) is 11.1 Å². The van der Waals surface area contributed by atoms with Crippen LogP contribution >= 0.6 is 23.2 Å². The van der Waals surface area contributed by atoms with Crippen LogP contribution in [0.4, 0.5) is 5.69 Å². The Labute approximate surface area is 174 Å². The Morgan fingerprint density at radius 1 is 0.929 bits per heavy atom. The summed E-state index contributed by atoms with van der Waals surface area (Å²) in [5.41, 5.74) is 2.54. The van der Waals surface area contributed by atoms with E-state index in [9.17, 15) is 0 Å². The lowest BCUT2D eigenvalue weighted by Crippen LogP contribution is -1.99. The van der Waals surface area contributed by atoms with Crippen molar-refractivity contribution < 1.29 is 14.2 Å². The standard InChI is InChI=1S/C22H19Cl2NO3/c1-26-19-8-6-18(7-9-19)25-13-16-11-20(24)22(21(12-16)27-2)28-14-15-4-3-5-17(23)10-15/h3-13H,14H2,1-2H3. The van der Waals surface area contributed by atoms with Crippen LogP contribution in [0.25, 0.3) is 0 Å². The van der Waals surface area contributed by atoms with Gasteiger partial charge in [-0.25, -0.2) is 0 Å². The van der Waals surface area contributed by atoms with Crippen molar-refractivity contribution in [3.05, 3.63) is 81.8 Å². The lowest BCUT2D eigenvalue weighted by atomic mass is 10.2. The number of halogens is 2. The van der Waals surface area contributed by atoms with E-state index in [4.69, 9.17) is 37.4 Å². The van der Waals surface area contributed by atoms with Crippen LogP contribution in [0.15, 0.2) is 65.7 Å². The van der Waals surface area contributed by atoms with Crippen molar-refractivity contribution in [3.8, 4) is 17.2 Å². The van der Waals surface area contributed by atoms with Crippen molar-refractivity contribution in [3.63, 3.8) is 0 Å². The lowest BCUT2D eigenvalue weighted by molar-refractivity contribution is 0.284. The Kier molecular flexibility index (Phi) is 6.80. The molecule has 3 aromatic carbocycles. The summed E-state index contributed by atoms with van der Waals surface area (Å²) in [5.74, 6) is 1.79. The van der Waals surface area contributed by atoms with Gasteiger partial charge in [-0.1, -0.05) is 35.3 Å². The Morgan fingerprint density at radius 3 is 2.39 bits per heavy atom. The van der Waals surface area contributed by atoms with Gasteiger partial charge in [0.05, 0.1) is 24.9 Å². The first-order valence-electron chi connectivity index (χ1n) is 8.52. The van der Waals surface area contributed by atoms with Crippen molar-refractivity contribution in [1.82, 2.24) is 0 Å². The maximum atomic E-state index is 6.42. The van der Waals surface area contributed by atoms with E-state index in [0.717, 1.165) is 22.6 Å². The summed E-state index contributed by atoms with van der Waals surface area (Å²) in [7, 11) is 3.20. The number of rotatable bonds is 7. The molecule has 6 heteroatoms. The molecule has 0 spiro atoms. The second-order valence-corrected chi connectivity index (χ2v) is 6.75. The van der Waals surface area contributed by atoms with E-state index in [1.54, 1.807) is 26.5 Å². The SMILES string of the molecule is COc1ccc(N=Cc2cc(Cl)c(OCc3cccc(Cl)c3)c(OC)c2)cc1. The van der Waals surface area contributed by atoms with Crippen molar-refractivity contribution in [2.75, 3.05) is 14.2 Å². The molecule has 0 radical (unpaired) electrons. The smallest absolute Gasteiger partial charge is 0.180 e. The van der Waals surface area contributed by atoms with Gasteiger partial charge >= 0.3 is 0 Å². The quantitative estimate of drug-likeness (QED) is 0.422. The second kappa shape index (κ2) is 9.49. The van der Waals surface area contributed by atoms with E-state index in [1.807, 2.05) is 54.6 Å². The Balaban J connectivity index is 1.77. The van der Waals surface area contributed by atoms with Crippen LogP contribution in [0.3, 0.4) is 0 Å². The van der Waals surface area contributed by atoms with Crippen LogP contribution < -0.4 is 14.2 Å². The van der Waals surface area contributed by atoms with Gasteiger partial charge in [-0.05, 0) is 59.7 Å². The number of nitrogens with zero attached hydrogens (tertiary/aromatic N) is 1. The molecule has 0 unspecified atom stereocenters. The predicted octanol–water partition coefficient (Wildman–Crippen LogP) is 6.34.